The maximum Gasteiger partial charge on any atom is 0.121 e. The Morgan fingerprint density at radius 2 is 2.12 bits per heavy atom. The van der Waals surface area contributed by atoms with Gasteiger partial charge in [0.15, 0.2) is 0 Å². The van der Waals surface area contributed by atoms with Gasteiger partial charge in [-0.25, -0.2) is 0 Å². The van der Waals surface area contributed by atoms with E-state index in [0.717, 1.165) is 18.7 Å². The molecule has 0 aliphatic heterocycles. The molecule has 0 fully saturated rings. The van der Waals surface area contributed by atoms with Crippen LogP contribution in [0.2, 0.25) is 0 Å². The number of methoxy groups -OCH3 is 1. The van der Waals surface area contributed by atoms with E-state index in [1.54, 1.807) is 7.11 Å². The van der Waals surface area contributed by atoms with Crippen LogP contribution < -0.4 is 10.1 Å². The lowest BCUT2D eigenvalue weighted by molar-refractivity contribution is 0.411. The summed E-state index contributed by atoms with van der Waals surface area (Å²) in [5.74, 6) is 0.970. The second-order valence-electron chi connectivity index (χ2n) is 4.36. The van der Waals surface area contributed by atoms with Gasteiger partial charge >= 0.3 is 0 Å². The van der Waals surface area contributed by atoms with Crippen molar-refractivity contribution in [2.24, 2.45) is 0 Å². The summed E-state index contributed by atoms with van der Waals surface area (Å²) in [5.41, 5.74) is 2.58. The van der Waals surface area contributed by atoms with Crippen LogP contribution in [0.4, 0.5) is 0 Å². The van der Waals surface area contributed by atoms with Crippen molar-refractivity contribution in [3.63, 3.8) is 0 Å². The predicted molar refractivity (Wildman–Crippen MR) is 69.2 cm³/mol. The number of ether oxygens (including phenoxy) is 1. The molecular weight excluding hydrogens is 198 g/mol. The molecule has 0 bridgehead atoms. The van der Waals surface area contributed by atoms with Crippen LogP contribution in [-0.4, -0.2) is 19.7 Å². The smallest absolute Gasteiger partial charge is 0.121 e. The number of benzene rings is 1. The van der Waals surface area contributed by atoms with E-state index in [1.165, 1.54) is 17.5 Å². The number of hydrogen-bond acceptors (Lipinski definition) is 2. The van der Waals surface area contributed by atoms with Gasteiger partial charge in [0, 0.05) is 6.04 Å². The molecule has 2 nitrogen and oxygen atoms in total. The Labute approximate surface area is 99.0 Å². The molecule has 1 aromatic carbocycles. The molecule has 0 radical (unpaired) electrons. The number of rotatable bonds is 6. The molecule has 1 unspecified atom stereocenters. The van der Waals surface area contributed by atoms with Crippen molar-refractivity contribution >= 4 is 0 Å². The van der Waals surface area contributed by atoms with E-state index in [9.17, 15) is 0 Å². The summed E-state index contributed by atoms with van der Waals surface area (Å²) in [5, 5.41) is 3.50. The molecule has 16 heavy (non-hydrogen) atoms. The predicted octanol–water partition coefficient (Wildman–Crippen LogP) is 2.93. The van der Waals surface area contributed by atoms with Crippen LogP contribution in [0.5, 0.6) is 5.75 Å². The lowest BCUT2D eigenvalue weighted by Gasteiger charge is -2.14. The van der Waals surface area contributed by atoms with Crippen LogP contribution >= 0.6 is 0 Å². The van der Waals surface area contributed by atoms with Crippen LogP contribution in [-0.2, 0) is 6.42 Å². The Kier molecular flexibility index (Phi) is 5.33. The van der Waals surface area contributed by atoms with Crippen molar-refractivity contribution < 1.29 is 4.74 Å². The van der Waals surface area contributed by atoms with Gasteiger partial charge in [0.2, 0.25) is 0 Å². The van der Waals surface area contributed by atoms with Gasteiger partial charge in [0.05, 0.1) is 7.11 Å². The normalized spacial score (nSPS) is 12.5. The van der Waals surface area contributed by atoms with E-state index in [4.69, 9.17) is 4.74 Å². The molecule has 1 aromatic rings. The van der Waals surface area contributed by atoms with Crippen LogP contribution in [0.25, 0.3) is 0 Å². The molecule has 1 atom stereocenters. The van der Waals surface area contributed by atoms with Gasteiger partial charge < -0.3 is 10.1 Å². The van der Waals surface area contributed by atoms with Gasteiger partial charge in [-0.15, -0.1) is 0 Å². The van der Waals surface area contributed by atoms with Gasteiger partial charge in [-0.1, -0.05) is 19.1 Å². The van der Waals surface area contributed by atoms with E-state index in [2.05, 4.69) is 44.3 Å². The van der Waals surface area contributed by atoms with Crippen LogP contribution in [0.15, 0.2) is 18.2 Å². The molecule has 0 amide bonds. The van der Waals surface area contributed by atoms with E-state index in [1.807, 2.05) is 0 Å². The van der Waals surface area contributed by atoms with Gasteiger partial charge in [0.1, 0.15) is 5.75 Å². The second-order valence-corrected chi connectivity index (χ2v) is 4.36. The van der Waals surface area contributed by atoms with E-state index in [-0.39, 0.29) is 0 Å². The lowest BCUT2D eigenvalue weighted by atomic mass is 10.0. The molecule has 0 saturated heterocycles. The third-order valence-corrected chi connectivity index (χ3v) is 2.74. The van der Waals surface area contributed by atoms with E-state index < -0.39 is 0 Å². The highest BCUT2D eigenvalue weighted by molar-refractivity contribution is 5.36. The highest BCUT2D eigenvalue weighted by atomic mass is 16.5. The first-order valence-corrected chi connectivity index (χ1v) is 6.04. The third kappa shape index (κ3) is 3.86. The zero-order chi connectivity index (χ0) is 12.0. The molecule has 0 aliphatic rings. The minimum absolute atomic E-state index is 0.535. The van der Waals surface area contributed by atoms with Gasteiger partial charge in [-0.3, -0.25) is 0 Å². The maximum absolute atomic E-state index is 5.25. The van der Waals surface area contributed by atoms with Gasteiger partial charge in [-0.2, -0.15) is 0 Å². The SMILES string of the molecule is CCCNC(C)Cc1ccc(OC)c(C)c1. The first-order chi connectivity index (χ1) is 7.67. The Morgan fingerprint density at radius 1 is 1.38 bits per heavy atom. The van der Waals surface area contributed by atoms with Crippen molar-refractivity contribution in [3.05, 3.63) is 29.3 Å². The molecule has 0 heterocycles. The van der Waals surface area contributed by atoms with Crippen molar-refractivity contribution in [2.75, 3.05) is 13.7 Å². The second kappa shape index (κ2) is 6.54. The van der Waals surface area contributed by atoms with Crippen molar-refractivity contribution in [1.82, 2.24) is 5.32 Å². The largest absolute Gasteiger partial charge is 0.496 e. The number of hydrogen-bond donors (Lipinski definition) is 1. The summed E-state index contributed by atoms with van der Waals surface area (Å²) in [6.45, 7) is 7.61. The summed E-state index contributed by atoms with van der Waals surface area (Å²) in [4.78, 5) is 0. The topological polar surface area (TPSA) is 21.3 Å². The fraction of sp³-hybridized carbons (Fsp3) is 0.571. The average molecular weight is 221 g/mol. The summed E-state index contributed by atoms with van der Waals surface area (Å²) in [6.07, 6.45) is 2.26. The zero-order valence-electron chi connectivity index (χ0n) is 10.8. The summed E-state index contributed by atoms with van der Waals surface area (Å²) in [7, 11) is 1.72. The monoisotopic (exact) mass is 221 g/mol. The molecule has 0 saturated carbocycles. The molecule has 0 aliphatic carbocycles. The first kappa shape index (κ1) is 13.0. The molecular formula is C14H23NO. The Bertz CT molecular complexity index is 323. The summed E-state index contributed by atoms with van der Waals surface area (Å²) >= 11 is 0. The quantitative estimate of drug-likeness (QED) is 0.797. The summed E-state index contributed by atoms with van der Waals surface area (Å²) in [6, 6.07) is 6.95. The van der Waals surface area contributed by atoms with E-state index >= 15 is 0 Å². The van der Waals surface area contributed by atoms with Crippen molar-refractivity contribution in [3.8, 4) is 5.75 Å². The molecule has 0 spiro atoms. The van der Waals surface area contributed by atoms with Crippen molar-refractivity contribution in [1.29, 1.82) is 0 Å². The van der Waals surface area contributed by atoms with Crippen LogP contribution in [0.1, 0.15) is 31.4 Å². The fourth-order valence-corrected chi connectivity index (χ4v) is 1.88. The molecule has 0 aromatic heterocycles. The van der Waals surface area contributed by atoms with E-state index in [0.29, 0.717) is 6.04 Å². The minimum atomic E-state index is 0.535. The highest BCUT2D eigenvalue weighted by Crippen LogP contribution is 2.19. The van der Waals surface area contributed by atoms with Gasteiger partial charge in [0.25, 0.3) is 0 Å². The average Bonchev–Trinajstić information content (AvgIpc) is 2.26. The molecule has 90 valence electrons. The maximum atomic E-state index is 5.25. The standard InChI is InChI=1S/C14H23NO/c1-5-8-15-12(3)10-13-6-7-14(16-4)11(2)9-13/h6-7,9,12,15H,5,8,10H2,1-4H3. The highest BCUT2D eigenvalue weighted by Gasteiger charge is 2.04. The van der Waals surface area contributed by atoms with Gasteiger partial charge in [-0.05, 0) is 50.4 Å². The number of aryl methyl sites for hydroxylation is 1. The minimum Gasteiger partial charge on any atom is -0.496 e. The third-order valence-electron chi connectivity index (χ3n) is 2.74. The zero-order valence-corrected chi connectivity index (χ0v) is 10.8. The van der Waals surface area contributed by atoms with Crippen LogP contribution in [0, 0.1) is 6.92 Å². The Hall–Kier alpha value is -1.02. The van der Waals surface area contributed by atoms with Crippen molar-refractivity contribution in [2.45, 2.75) is 39.7 Å². The molecule has 2 heteroatoms. The lowest BCUT2D eigenvalue weighted by Crippen LogP contribution is -2.28. The Morgan fingerprint density at radius 3 is 2.69 bits per heavy atom. The first-order valence-electron chi connectivity index (χ1n) is 6.04. The number of nitrogens with one attached hydrogen (secondary N) is 1. The van der Waals surface area contributed by atoms with Crippen LogP contribution in [0.3, 0.4) is 0 Å². The summed E-state index contributed by atoms with van der Waals surface area (Å²) < 4.78 is 5.25. The Balaban J connectivity index is 2.57. The molecule has 1 N–H and O–H groups in total. The molecule has 1 rings (SSSR count). The fourth-order valence-electron chi connectivity index (χ4n) is 1.88.